The molecule has 1 aliphatic heterocycles. The number of fused-ring (bicyclic) bond motifs is 1. The lowest BCUT2D eigenvalue weighted by Crippen LogP contribution is -2.20. The number of halogens is 2. The topological polar surface area (TPSA) is 56.8 Å². The molecule has 3 rings (SSSR count). The minimum Gasteiger partial charge on any atom is -0.484 e. The van der Waals surface area contributed by atoms with Crippen LogP contribution in [0.2, 0.25) is 5.02 Å². The zero-order valence-electron chi connectivity index (χ0n) is 11.3. The van der Waals surface area contributed by atoms with E-state index in [-0.39, 0.29) is 19.3 Å². The van der Waals surface area contributed by atoms with Gasteiger partial charge in [0.25, 0.3) is 5.91 Å². The van der Waals surface area contributed by atoms with Crippen LogP contribution in [0, 0.1) is 0 Å². The van der Waals surface area contributed by atoms with Crippen molar-refractivity contribution in [3.05, 3.63) is 45.9 Å². The van der Waals surface area contributed by atoms with Gasteiger partial charge in [0, 0.05) is 10.5 Å². The summed E-state index contributed by atoms with van der Waals surface area (Å²) in [6.45, 7) is 0.0629. The second-order valence-corrected chi connectivity index (χ2v) is 5.80. The predicted molar refractivity (Wildman–Crippen MR) is 85.8 cm³/mol. The van der Waals surface area contributed by atoms with Crippen LogP contribution in [-0.4, -0.2) is 19.3 Å². The average Bonchev–Trinajstić information content (AvgIpc) is 2.95. The smallest absolute Gasteiger partial charge is 0.262 e. The molecule has 1 heterocycles. The number of anilines is 1. The Labute approximate surface area is 140 Å². The summed E-state index contributed by atoms with van der Waals surface area (Å²) >= 11 is 9.34. The molecule has 7 heteroatoms. The molecular formula is C15H11BrClNO4. The fourth-order valence-corrected chi connectivity index (χ4v) is 2.61. The highest BCUT2D eigenvalue weighted by Crippen LogP contribution is 2.35. The summed E-state index contributed by atoms with van der Waals surface area (Å²) in [5.41, 5.74) is 0.532. The number of amides is 1. The van der Waals surface area contributed by atoms with Crippen molar-refractivity contribution in [2.75, 3.05) is 18.7 Å². The molecule has 2 aromatic carbocycles. The first-order chi connectivity index (χ1) is 10.6. The summed E-state index contributed by atoms with van der Waals surface area (Å²) in [7, 11) is 0. The van der Waals surface area contributed by atoms with Crippen molar-refractivity contribution >= 4 is 39.1 Å². The van der Waals surface area contributed by atoms with E-state index in [4.69, 9.17) is 25.8 Å². The zero-order chi connectivity index (χ0) is 15.5. The number of nitrogens with one attached hydrogen (secondary N) is 1. The Bertz CT molecular complexity index is 723. The average molecular weight is 385 g/mol. The van der Waals surface area contributed by atoms with Crippen molar-refractivity contribution in [1.29, 1.82) is 0 Å². The lowest BCUT2D eigenvalue weighted by Gasteiger charge is -2.09. The summed E-state index contributed by atoms with van der Waals surface area (Å²) in [5, 5.41) is 3.14. The molecule has 1 aliphatic rings. The van der Waals surface area contributed by atoms with E-state index in [9.17, 15) is 4.79 Å². The third kappa shape index (κ3) is 3.45. The third-order valence-corrected chi connectivity index (χ3v) is 3.73. The minimum absolute atomic E-state index is 0.133. The Morgan fingerprint density at radius 2 is 2.05 bits per heavy atom. The Balaban J connectivity index is 1.58. The second kappa shape index (κ2) is 6.46. The van der Waals surface area contributed by atoms with Gasteiger partial charge >= 0.3 is 0 Å². The minimum atomic E-state index is -0.304. The molecule has 0 spiro atoms. The van der Waals surface area contributed by atoms with E-state index in [0.717, 1.165) is 4.47 Å². The monoisotopic (exact) mass is 383 g/mol. The molecule has 2 aromatic rings. The number of benzene rings is 2. The second-order valence-electron chi connectivity index (χ2n) is 4.48. The summed E-state index contributed by atoms with van der Waals surface area (Å²) in [5.74, 6) is 1.50. The fourth-order valence-electron chi connectivity index (χ4n) is 1.89. The van der Waals surface area contributed by atoms with Gasteiger partial charge in [0.1, 0.15) is 5.75 Å². The number of rotatable bonds is 4. The van der Waals surface area contributed by atoms with Crippen LogP contribution in [0.25, 0.3) is 0 Å². The molecule has 0 saturated carbocycles. The van der Waals surface area contributed by atoms with E-state index in [1.807, 2.05) is 0 Å². The lowest BCUT2D eigenvalue weighted by atomic mass is 10.3. The van der Waals surface area contributed by atoms with E-state index in [0.29, 0.717) is 28.0 Å². The number of carbonyl (C=O) groups excluding carboxylic acids is 1. The van der Waals surface area contributed by atoms with Gasteiger partial charge in [-0.1, -0.05) is 27.5 Å². The Kier molecular flexibility index (Phi) is 4.40. The quantitative estimate of drug-likeness (QED) is 0.870. The SMILES string of the molecule is O=C(COc1ccc2c(c1)OCO2)Nc1ccc(Br)cc1Cl. The van der Waals surface area contributed by atoms with E-state index in [2.05, 4.69) is 21.2 Å². The van der Waals surface area contributed by atoms with Gasteiger partial charge in [-0.2, -0.15) is 0 Å². The maximum atomic E-state index is 11.9. The molecular weight excluding hydrogens is 374 g/mol. The summed E-state index contributed by atoms with van der Waals surface area (Å²) in [6, 6.07) is 10.3. The molecule has 5 nitrogen and oxygen atoms in total. The van der Waals surface area contributed by atoms with Crippen LogP contribution in [0.3, 0.4) is 0 Å². The first-order valence-electron chi connectivity index (χ1n) is 6.39. The maximum absolute atomic E-state index is 11.9. The van der Waals surface area contributed by atoms with Crippen molar-refractivity contribution < 1.29 is 19.0 Å². The van der Waals surface area contributed by atoms with Gasteiger partial charge in [0.15, 0.2) is 18.1 Å². The summed E-state index contributed by atoms with van der Waals surface area (Å²) in [4.78, 5) is 11.9. The highest BCUT2D eigenvalue weighted by Gasteiger charge is 2.14. The van der Waals surface area contributed by atoms with E-state index in [1.165, 1.54) is 0 Å². The van der Waals surface area contributed by atoms with Gasteiger partial charge in [0.2, 0.25) is 6.79 Å². The Morgan fingerprint density at radius 1 is 1.23 bits per heavy atom. The van der Waals surface area contributed by atoms with Crippen LogP contribution in [0.1, 0.15) is 0 Å². The number of ether oxygens (including phenoxy) is 3. The van der Waals surface area contributed by atoms with E-state index in [1.54, 1.807) is 36.4 Å². The van der Waals surface area contributed by atoms with Gasteiger partial charge in [-0.3, -0.25) is 4.79 Å². The summed E-state index contributed by atoms with van der Waals surface area (Å²) in [6.07, 6.45) is 0. The molecule has 0 aliphatic carbocycles. The first-order valence-corrected chi connectivity index (χ1v) is 7.56. The van der Waals surface area contributed by atoms with Gasteiger partial charge in [-0.15, -0.1) is 0 Å². The third-order valence-electron chi connectivity index (χ3n) is 2.92. The van der Waals surface area contributed by atoms with Gasteiger partial charge in [-0.05, 0) is 30.3 Å². The molecule has 0 radical (unpaired) electrons. The van der Waals surface area contributed by atoms with Crippen molar-refractivity contribution in [2.45, 2.75) is 0 Å². The zero-order valence-corrected chi connectivity index (χ0v) is 13.6. The lowest BCUT2D eigenvalue weighted by molar-refractivity contribution is -0.118. The van der Waals surface area contributed by atoms with Crippen LogP contribution in [-0.2, 0) is 4.79 Å². The molecule has 22 heavy (non-hydrogen) atoms. The molecule has 0 aromatic heterocycles. The molecule has 1 N–H and O–H groups in total. The van der Waals surface area contributed by atoms with E-state index < -0.39 is 0 Å². The van der Waals surface area contributed by atoms with Gasteiger partial charge in [-0.25, -0.2) is 0 Å². The highest BCUT2D eigenvalue weighted by atomic mass is 79.9. The molecule has 0 atom stereocenters. The molecule has 1 amide bonds. The standard InChI is InChI=1S/C15H11BrClNO4/c16-9-1-3-12(11(17)5-9)18-15(19)7-20-10-2-4-13-14(6-10)22-8-21-13/h1-6H,7-8H2,(H,18,19). The first kappa shape index (κ1) is 15.0. The highest BCUT2D eigenvalue weighted by molar-refractivity contribution is 9.10. The number of hydrogen-bond donors (Lipinski definition) is 1. The normalized spacial score (nSPS) is 12.1. The predicted octanol–water partition coefficient (Wildman–Crippen LogP) is 3.85. The van der Waals surface area contributed by atoms with Crippen molar-refractivity contribution in [3.63, 3.8) is 0 Å². The molecule has 114 valence electrons. The van der Waals surface area contributed by atoms with Crippen molar-refractivity contribution in [3.8, 4) is 17.2 Å². The molecule has 0 unspecified atom stereocenters. The van der Waals surface area contributed by atoms with Gasteiger partial charge < -0.3 is 19.5 Å². The maximum Gasteiger partial charge on any atom is 0.262 e. The van der Waals surface area contributed by atoms with Crippen LogP contribution in [0.4, 0.5) is 5.69 Å². The Hall–Kier alpha value is -1.92. The van der Waals surface area contributed by atoms with Crippen LogP contribution >= 0.6 is 27.5 Å². The van der Waals surface area contributed by atoms with Crippen LogP contribution < -0.4 is 19.5 Å². The van der Waals surface area contributed by atoms with Crippen LogP contribution in [0.15, 0.2) is 40.9 Å². The van der Waals surface area contributed by atoms with E-state index >= 15 is 0 Å². The largest absolute Gasteiger partial charge is 0.484 e. The van der Waals surface area contributed by atoms with Crippen LogP contribution in [0.5, 0.6) is 17.2 Å². The number of carbonyl (C=O) groups is 1. The molecule has 0 saturated heterocycles. The Morgan fingerprint density at radius 3 is 2.86 bits per heavy atom. The number of hydrogen-bond acceptors (Lipinski definition) is 4. The van der Waals surface area contributed by atoms with Crippen molar-refractivity contribution in [1.82, 2.24) is 0 Å². The summed E-state index contributed by atoms with van der Waals surface area (Å²) < 4.78 is 16.7. The van der Waals surface area contributed by atoms with Gasteiger partial charge in [0.05, 0.1) is 10.7 Å². The molecule has 0 bridgehead atoms. The molecule has 0 fully saturated rings. The van der Waals surface area contributed by atoms with Crippen molar-refractivity contribution in [2.24, 2.45) is 0 Å². The fraction of sp³-hybridized carbons (Fsp3) is 0.133.